The van der Waals surface area contributed by atoms with Gasteiger partial charge in [0.15, 0.2) is 18.9 Å². The van der Waals surface area contributed by atoms with Crippen LogP contribution in [0.3, 0.4) is 0 Å². The second-order valence-electron chi connectivity index (χ2n) is 30.6. The van der Waals surface area contributed by atoms with Gasteiger partial charge in [0.25, 0.3) is 0 Å². The molecule has 0 aromatic rings. The Labute approximate surface area is 676 Å². The van der Waals surface area contributed by atoms with Gasteiger partial charge in [0.05, 0.1) is 38.6 Å². The van der Waals surface area contributed by atoms with Crippen LogP contribution in [0.2, 0.25) is 0 Å². The first-order valence-corrected chi connectivity index (χ1v) is 44.1. The molecule has 17 unspecified atom stereocenters. The molecule has 3 heterocycles. The summed E-state index contributed by atoms with van der Waals surface area (Å²) in [6, 6.07) is -1.00. The van der Waals surface area contributed by atoms with Crippen molar-refractivity contribution in [1.29, 1.82) is 0 Å². The van der Waals surface area contributed by atoms with Gasteiger partial charge in [-0.15, -0.1) is 0 Å². The van der Waals surface area contributed by atoms with E-state index in [1.807, 2.05) is 6.08 Å². The number of ether oxygens (including phenoxy) is 6. The zero-order valence-corrected chi connectivity index (χ0v) is 69.1. The number of amides is 1. The maximum atomic E-state index is 13.5. The molecule has 0 bridgehead atoms. The lowest BCUT2D eigenvalue weighted by atomic mass is 9.96. The van der Waals surface area contributed by atoms with Gasteiger partial charge in [-0.05, 0) is 103 Å². The van der Waals surface area contributed by atoms with E-state index in [1.165, 1.54) is 161 Å². The molecule has 0 spiro atoms. The number of carbonyl (C=O) groups is 1. The number of rotatable bonds is 69. The van der Waals surface area contributed by atoms with Gasteiger partial charge in [0, 0.05) is 6.42 Å². The van der Waals surface area contributed by atoms with Crippen molar-refractivity contribution in [2.45, 2.75) is 407 Å². The van der Waals surface area contributed by atoms with Crippen LogP contribution in [0.4, 0.5) is 0 Å². The Kier molecular flexibility index (Phi) is 64.4. The summed E-state index contributed by atoms with van der Waals surface area (Å²) >= 11 is 0. The lowest BCUT2D eigenvalue weighted by Crippen LogP contribution is -2.66. The molecule has 3 rings (SSSR count). The second kappa shape index (κ2) is 70.8. The van der Waals surface area contributed by atoms with Crippen molar-refractivity contribution in [2.24, 2.45) is 0 Å². The van der Waals surface area contributed by atoms with Crippen LogP contribution in [0, 0.1) is 0 Å². The minimum atomic E-state index is -1.99. The van der Waals surface area contributed by atoms with Gasteiger partial charge in [0.1, 0.15) is 73.2 Å². The first kappa shape index (κ1) is 102. The van der Waals surface area contributed by atoms with E-state index in [1.54, 1.807) is 6.08 Å². The van der Waals surface area contributed by atoms with E-state index < -0.39 is 124 Å². The lowest BCUT2D eigenvalue weighted by Gasteiger charge is -2.48. The van der Waals surface area contributed by atoms with E-state index in [9.17, 15) is 61.0 Å². The van der Waals surface area contributed by atoms with Crippen LogP contribution in [0.15, 0.2) is 146 Å². The van der Waals surface area contributed by atoms with E-state index in [2.05, 4.69) is 153 Å². The predicted molar refractivity (Wildman–Crippen MR) is 452 cm³/mol. The molecule has 3 saturated heterocycles. The second-order valence-corrected chi connectivity index (χ2v) is 30.6. The van der Waals surface area contributed by atoms with Gasteiger partial charge in [-0.25, -0.2) is 0 Å². The molecule has 1 amide bonds. The smallest absolute Gasteiger partial charge is 0.220 e. The molecule has 0 radical (unpaired) electrons. The standard InChI is InChI=1S/C93H157NO18/c1-3-5-7-9-11-13-15-17-19-21-23-25-27-29-31-33-35-36-37-38-39-40-41-43-45-47-49-51-53-55-57-59-61-63-65-67-69-71-81(99)94-76(77(98)70-68-66-64-62-60-58-56-54-52-50-48-46-44-42-34-32-30-28-26-24-22-20-18-16-14-12-10-8-6-4-2)75-107-91-87(105)84(102)89(79(73-96)109-91)112-93-88(106)85(103)90(80(74-97)110-93)111-92-86(104)83(101)82(100)78(72-95)108-92/h5,7,11,13,17,19,23,25,29,31,35-36,38-39,41,43,47,49,53,55,59,61,68,70,76-80,82-93,95-98,100-106H,3-4,6,8-10,12,14-16,18,20-22,24,26-28,30,32-34,37,40,42,44-46,48,50-52,54,56-58,60,62-67,69,71-75H2,1-2H3,(H,94,99)/b7-5-,13-11-,19-17-,25-23-,31-29-,36-35-,39-38-,43-41-,49-47-,55-53-,61-59-,70-68+. The number of nitrogens with one attached hydrogen (secondary N) is 1. The quantitative estimate of drug-likeness (QED) is 0.0199. The Morgan fingerprint density at radius 3 is 0.964 bits per heavy atom. The molecule has 19 nitrogen and oxygen atoms in total. The molecule has 12 N–H and O–H groups in total. The zero-order chi connectivity index (χ0) is 81.0. The number of aliphatic hydroxyl groups excluding tert-OH is 11. The van der Waals surface area contributed by atoms with Crippen LogP contribution < -0.4 is 5.32 Å². The van der Waals surface area contributed by atoms with Crippen molar-refractivity contribution in [3.05, 3.63) is 146 Å². The summed E-state index contributed by atoms with van der Waals surface area (Å²) in [6.45, 7) is 1.62. The third-order valence-corrected chi connectivity index (χ3v) is 20.9. The monoisotopic (exact) mass is 1580 g/mol. The summed E-state index contributed by atoms with van der Waals surface area (Å²) in [4.78, 5) is 13.5. The molecule has 0 aromatic heterocycles. The number of aliphatic hydroxyl groups is 11. The third kappa shape index (κ3) is 49.0. The molecule has 642 valence electrons. The van der Waals surface area contributed by atoms with Gasteiger partial charge >= 0.3 is 0 Å². The Morgan fingerprint density at radius 2 is 0.616 bits per heavy atom. The molecular weight excluding hydrogens is 1420 g/mol. The van der Waals surface area contributed by atoms with Crippen molar-refractivity contribution in [1.82, 2.24) is 5.32 Å². The highest BCUT2D eigenvalue weighted by Crippen LogP contribution is 2.33. The van der Waals surface area contributed by atoms with Crippen molar-refractivity contribution in [2.75, 3.05) is 26.4 Å². The van der Waals surface area contributed by atoms with Crippen LogP contribution >= 0.6 is 0 Å². The summed E-state index contributed by atoms with van der Waals surface area (Å²) in [5.74, 6) is -0.310. The topological polar surface area (TPSA) is 307 Å². The molecule has 19 heteroatoms. The van der Waals surface area contributed by atoms with E-state index in [0.717, 1.165) is 116 Å². The molecule has 0 saturated carbocycles. The Balaban J connectivity index is 1.37. The SMILES string of the molecule is CC/C=C\C/C=C\C/C=C\C/C=C\C/C=C\C/C=C\C/C=C\C/C=C\C/C=C\C/C=C\C/C=C\CCCCCC(=O)NC(COC1OC(CO)C(OC2OC(CO)C(OC3OC(CO)C(O)C(O)C3O)C(O)C2O)C(O)C1O)C(O)/C=C/CCCCCCCCCCCCCCCCCCCCCCCCCCCCCC. The number of hydrogen-bond acceptors (Lipinski definition) is 18. The average Bonchev–Trinajstić information content (AvgIpc) is 0.781. The molecule has 3 aliphatic rings. The average molecular weight is 1580 g/mol. The highest BCUT2D eigenvalue weighted by molar-refractivity contribution is 5.76. The van der Waals surface area contributed by atoms with Crippen LogP contribution in [0.5, 0.6) is 0 Å². The number of allylic oxidation sites excluding steroid dienone is 23. The maximum absolute atomic E-state index is 13.5. The van der Waals surface area contributed by atoms with Crippen LogP contribution in [0.25, 0.3) is 0 Å². The largest absolute Gasteiger partial charge is 0.394 e. The minimum absolute atomic E-state index is 0.194. The zero-order valence-electron chi connectivity index (χ0n) is 69.1. The predicted octanol–water partition coefficient (Wildman–Crippen LogP) is 16.6. The van der Waals surface area contributed by atoms with Crippen molar-refractivity contribution >= 4 is 5.91 Å². The van der Waals surface area contributed by atoms with E-state index >= 15 is 0 Å². The molecule has 17 atom stereocenters. The summed E-state index contributed by atoms with van der Waals surface area (Å²) in [5.41, 5.74) is 0. The highest BCUT2D eigenvalue weighted by atomic mass is 16.8. The van der Waals surface area contributed by atoms with Crippen LogP contribution in [-0.2, 0) is 33.2 Å². The number of carbonyl (C=O) groups excluding carboxylic acids is 1. The van der Waals surface area contributed by atoms with Crippen LogP contribution in [0.1, 0.15) is 303 Å². The normalized spacial score (nSPS) is 25.7. The lowest BCUT2D eigenvalue weighted by molar-refractivity contribution is -0.379. The molecule has 0 aromatic carbocycles. The van der Waals surface area contributed by atoms with E-state index in [-0.39, 0.29) is 18.9 Å². The molecule has 0 aliphatic carbocycles. The Morgan fingerprint density at radius 1 is 0.330 bits per heavy atom. The Bertz CT molecular complexity index is 2590. The van der Waals surface area contributed by atoms with Gasteiger partial charge < -0.3 is 89.9 Å². The number of hydrogen-bond donors (Lipinski definition) is 12. The van der Waals surface area contributed by atoms with E-state index in [4.69, 9.17) is 28.4 Å². The summed E-state index contributed by atoms with van der Waals surface area (Å²) in [7, 11) is 0. The van der Waals surface area contributed by atoms with Gasteiger partial charge in [-0.3, -0.25) is 4.79 Å². The van der Waals surface area contributed by atoms with Gasteiger partial charge in [-0.1, -0.05) is 339 Å². The summed E-state index contributed by atoms with van der Waals surface area (Å²) in [6.07, 6.45) is 76.9. The minimum Gasteiger partial charge on any atom is -0.394 e. The summed E-state index contributed by atoms with van der Waals surface area (Å²) < 4.78 is 34.5. The highest BCUT2D eigenvalue weighted by Gasteiger charge is 2.54. The summed E-state index contributed by atoms with van der Waals surface area (Å²) in [5, 5.41) is 121. The molecule has 3 aliphatic heterocycles. The van der Waals surface area contributed by atoms with Crippen LogP contribution in [-0.4, -0.2) is 193 Å². The maximum Gasteiger partial charge on any atom is 0.220 e. The third-order valence-electron chi connectivity index (χ3n) is 20.9. The fourth-order valence-corrected chi connectivity index (χ4v) is 13.9. The van der Waals surface area contributed by atoms with E-state index in [0.29, 0.717) is 6.42 Å². The van der Waals surface area contributed by atoms with Crippen molar-refractivity contribution < 1.29 is 89.4 Å². The first-order chi connectivity index (χ1) is 54.8. The van der Waals surface area contributed by atoms with Gasteiger partial charge in [-0.2, -0.15) is 0 Å². The molecule has 3 fully saturated rings. The molecule has 112 heavy (non-hydrogen) atoms. The van der Waals surface area contributed by atoms with Crippen molar-refractivity contribution in [3.8, 4) is 0 Å². The molecular formula is C93H157NO18. The van der Waals surface area contributed by atoms with Crippen molar-refractivity contribution in [3.63, 3.8) is 0 Å². The Hall–Kier alpha value is -4.33. The van der Waals surface area contributed by atoms with Gasteiger partial charge in [0.2, 0.25) is 5.91 Å². The first-order valence-electron chi connectivity index (χ1n) is 44.1. The fourth-order valence-electron chi connectivity index (χ4n) is 13.9. The number of unbranched alkanes of at least 4 members (excludes halogenated alkanes) is 31. The fraction of sp³-hybridized carbons (Fsp3) is 0.731.